The predicted octanol–water partition coefficient (Wildman–Crippen LogP) is 3.99. The third kappa shape index (κ3) is 3.16. The first-order chi connectivity index (χ1) is 14.5. The van der Waals surface area contributed by atoms with Crippen molar-refractivity contribution in [1.82, 2.24) is 9.97 Å². The highest BCUT2D eigenvalue weighted by molar-refractivity contribution is 5.97. The van der Waals surface area contributed by atoms with E-state index in [9.17, 15) is 4.79 Å². The first-order valence-corrected chi connectivity index (χ1v) is 10.8. The van der Waals surface area contributed by atoms with Crippen LogP contribution in [0.3, 0.4) is 0 Å². The largest absolute Gasteiger partial charge is 0.465 e. The molecular formula is C23H29N5O2. The Kier molecular flexibility index (Phi) is 4.56. The molecule has 7 heteroatoms. The summed E-state index contributed by atoms with van der Waals surface area (Å²) in [5.41, 5.74) is 8.34. The lowest BCUT2D eigenvalue weighted by Gasteiger charge is -2.57. The first kappa shape index (κ1) is 19.2. The number of nitrogen functional groups attached to an aromatic ring is 1. The Balaban J connectivity index is 1.45. The second-order valence-electron chi connectivity index (χ2n) is 9.35. The average molecular weight is 408 g/mol. The molecule has 4 aliphatic carbocycles. The smallest absolute Gasteiger partial charge is 0.339 e. The quantitative estimate of drug-likeness (QED) is 0.724. The number of rotatable bonds is 5. The molecule has 158 valence electrons. The van der Waals surface area contributed by atoms with Gasteiger partial charge in [-0.15, -0.1) is 0 Å². The molecule has 0 atom stereocenters. The molecule has 0 amide bonds. The maximum absolute atomic E-state index is 12.2. The van der Waals surface area contributed by atoms with Gasteiger partial charge in [-0.2, -0.15) is 0 Å². The van der Waals surface area contributed by atoms with Gasteiger partial charge in [0, 0.05) is 12.6 Å². The number of ether oxygens (including phenoxy) is 1. The minimum absolute atomic E-state index is 0.108. The molecule has 7 nitrogen and oxygen atoms in total. The zero-order valence-corrected chi connectivity index (χ0v) is 17.6. The summed E-state index contributed by atoms with van der Waals surface area (Å²) < 4.78 is 4.93. The minimum Gasteiger partial charge on any atom is -0.465 e. The van der Waals surface area contributed by atoms with Crippen LogP contribution < -0.4 is 16.0 Å². The zero-order chi connectivity index (χ0) is 20.9. The van der Waals surface area contributed by atoms with E-state index in [1.165, 1.54) is 45.6 Å². The zero-order valence-electron chi connectivity index (χ0n) is 17.6. The Bertz CT molecular complexity index is 941. The van der Waals surface area contributed by atoms with Crippen LogP contribution in [0, 0.1) is 17.8 Å². The molecule has 30 heavy (non-hydrogen) atoms. The van der Waals surface area contributed by atoms with Crippen LogP contribution in [-0.4, -0.2) is 35.6 Å². The van der Waals surface area contributed by atoms with E-state index in [1.54, 1.807) is 12.4 Å². The van der Waals surface area contributed by atoms with Crippen LogP contribution in [0.15, 0.2) is 30.6 Å². The Labute approximate surface area is 177 Å². The summed E-state index contributed by atoms with van der Waals surface area (Å²) in [5.74, 6) is 3.39. The second kappa shape index (κ2) is 7.15. The Morgan fingerprint density at radius 2 is 1.77 bits per heavy atom. The number of nitrogens with one attached hydrogen (secondary N) is 1. The summed E-state index contributed by atoms with van der Waals surface area (Å²) >= 11 is 0. The van der Waals surface area contributed by atoms with E-state index in [1.807, 2.05) is 30.1 Å². The van der Waals surface area contributed by atoms with Crippen LogP contribution in [0.25, 0.3) is 0 Å². The van der Waals surface area contributed by atoms with Crippen LogP contribution in [-0.2, 0) is 4.74 Å². The molecule has 0 radical (unpaired) electrons. The van der Waals surface area contributed by atoms with Crippen molar-refractivity contribution in [2.45, 2.75) is 44.1 Å². The van der Waals surface area contributed by atoms with Gasteiger partial charge in [-0.3, -0.25) is 0 Å². The van der Waals surface area contributed by atoms with Gasteiger partial charge in [0.2, 0.25) is 0 Å². The highest BCUT2D eigenvalue weighted by Gasteiger charge is 2.51. The number of nitrogens with two attached hydrogens (primary N) is 1. The maximum atomic E-state index is 12.2. The Hall–Kier alpha value is -2.83. The van der Waals surface area contributed by atoms with E-state index in [2.05, 4.69) is 15.3 Å². The van der Waals surface area contributed by atoms with Gasteiger partial charge in [0.05, 0.1) is 18.4 Å². The monoisotopic (exact) mass is 407 g/mol. The summed E-state index contributed by atoms with van der Waals surface area (Å²) in [6.45, 7) is 0. The second-order valence-corrected chi connectivity index (χ2v) is 9.35. The third-order valence-corrected chi connectivity index (χ3v) is 7.27. The predicted molar refractivity (Wildman–Crippen MR) is 117 cm³/mol. The normalized spacial score (nSPS) is 28.9. The Morgan fingerprint density at radius 1 is 1.13 bits per heavy atom. The van der Waals surface area contributed by atoms with E-state index in [4.69, 9.17) is 10.5 Å². The number of hydrogen-bond donors (Lipinski definition) is 2. The van der Waals surface area contributed by atoms with Crippen molar-refractivity contribution in [3.8, 4) is 0 Å². The van der Waals surface area contributed by atoms with Crippen molar-refractivity contribution in [2.75, 3.05) is 30.1 Å². The highest BCUT2D eigenvalue weighted by atomic mass is 16.5. The van der Waals surface area contributed by atoms with E-state index in [0.29, 0.717) is 28.6 Å². The lowest BCUT2D eigenvalue weighted by molar-refractivity contribution is 0.0106. The fourth-order valence-electron chi connectivity index (χ4n) is 6.43. The van der Waals surface area contributed by atoms with Gasteiger partial charge in [0.1, 0.15) is 12.0 Å². The molecule has 4 saturated carbocycles. The first-order valence-electron chi connectivity index (χ1n) is 10.8. The number of methoxy groups -OCH3 is 1. The van der Waals surface area contributed by atoms with Crippen molar-refractivity contribution in [2.24, 2.45) is 17.8 Å². The van der Waals surface area contributed by atoms with Crippen molar-refractivity contribution in [1.29, 1.82) is 0 Å². The number of anilines is 4. The van der Waals surface area contributed by atoms with Gasteiger partial charge in [0.25, 0.3) is 0 Å². The molecule has 0 saturated heterocycles. The number of benzene rings is 1. The number of carbonyl (C=O) groups excluding carboxylic acids is 1. The van der Waals surface area contributed by atoms with Gasteiger partial charge in [-0.25, -0.2) is 14.8 Å². The molecule has 4 aliphatic rings. The van der Waals surface area contributed by atoms with Crippen LogP contribution in [0.1, 0.15) is 48.9 Å². The summed E-state index contributed by atoms with van der Waals surface area (Å²) in [4.78, 5) is 23.0. The lowest BCUT2D eigenvalue weighted by Crippen LogP contribution is -2.55. The molecule has 1 aromatic carbocycles. The fraction of sp³-hybridized carbons (Fsp3) is 0.522. The molecule has 6 rings (SSSR count). The molecule has 0 spiro atoms. The standard InChI is InChI=1S/C23H29N5O2/c1-28(18-6-4-3-5-17(18)22(29)30-2)21-19(24)20(25-13-26-21)27-23-10-14-7-15(11-23)9-16(8-14)12-23/h3-6,13-16H,7-12,24H2,1-2H3,(H,25,26,27). The van der Waals surface area contributed by atoms with E-state index < -0.39 is 5.97 Å². The molecule has 4 fully saturated rings. The van der Waals surface area contributed by atoms with Gasteiger partial charge < -0.3 is 20.7 Å². The molecule has 2 aromatic rings. The van der Waals surface area contributed by atoms with Gasteiger partial charge in [-0.05, 0) is 68.4 Å². The molecule has 3 N–H and O–H groups in total. The fourth-order valence-corrected chi connectivity index (χ4v) is 6.43. The van der Waals surface area contributed by atoms with Crippen LogP contribution >= 0.6 is 0 Å². The van der Waals surface area contributed by atoms with Crippen molar-refractivity contribution in [3.63, 3.8) is 0 Å². The third-order valence-electron chi connectivity index (χ3n) is 7.27. The Morgan fingerprint density at radius 3 is 2.40 bits per heavy atom. The summed E-state index contributed by atoms with van der Waals surface area (Å²) in [6.07, 6.45) is 9.33. The number of hydrogen-bond acceptors (Lipinski definition) is 7. The average Bonchev–Trinajstić information content (AvgIpc) is 2.73. The highest BCUT2D eigenvalue weighted by Crippen LogP contribution is 2.56. The number of esters is 1. The summed E-state index contributed by atoms with van der Waals surface area (Å²) in [5, 5.41) is 3.76. The van der Waals surface area contributed by atoms with Gasteiger partial charge in [0.15, 0.2) is 11.6 Å². The SMILES string of the molecule is COC(=O)c1ccccc1N(C)c1ncnc(NC23CC4CC(CC(C4)C2)C3)c1N. The van der Waals surface area contributed by atoms with Crippen LogP contribution in [0.2, 0.25) is 0 Å². The summed E-state index contributed by atoms with van der Waals surface area (Å²) in [7, 11) is 3.24. The maximum Gasteiger partial charge on any atom is 0.339 e. The number of carbonyl (C=O) groups is 1. The van der Waals surface area contributed by atoms with Crippen molar-refractivity contribution in [3.05, 3.63) is 36.2 Å². The molecule has 1 aromatic heterocycles. The molecule has 0 unspecified atom stereocenters. The van der Waals surface area contributed by atoms with Crippen molar-refractivity contribution < 1.29 is 9.53 Å². The minimum atomic E-state index is -0.392. The lowest BCUT2D eigenvalue weighted by atomic mass is 9.53. The number of aromatic nitrogens is 2. The molecular weight excluding hydrogens is 378 g/mol. The topological polar surface area (TPSA) is 93.4 Å². The van der Waals surface area contributed by atoms with Gasteiger partial charge >= 0.3 is 5.97 Å². The number of nitrogens with zero attached hydrogens (tertiary/aromatic N) is 3. The van der Waals surface area contributed by atoms with E-state index in [0.717, 1.165) is 17.8 Å². The van der Waals surface area contributed by atoms with E-state index in [-0.39, 0.29) is 5.54 Å². The van der Waals surface area contributed by atoms with Crippen molar-refractivity contribution >= 4 is 29.0 Å². The molecule has 4 bridgehead atoms. The van der Waals surface area contributed by atoms with E-state index >= 15 is 0 Å². The molecule has 1 heterocycles. The van der Waals surface area contributed by atoms with Gasteiger partial charge in [-0.1, -0.05) is 12.1 Å². The number of para-hydroxylation sites is 1. The van der Waals surface area contributed by atoms with Crippen LogP contribution in [0.5, 0.6) is 0 Å². The van der Waals surface area contributed by atoms with Crippen LogP contribution in [0.4, 0.5) is 23.0 Å². The molecule has 0 aliphatic heterocycles. The summed E-state index contributed by atoms with van der Waals surface area (Å²) in [6, 6.07) is 7.29.